The SMILES string of the molecule is CS(=O)(=O)Nc1ccc(C2=NN(C(=O)CCCC(=O)O)C(c3ccccc3[N+](=O)[O-])C2)cc1. The third-order valence-electron chi connectivity index (χ3n) is 4.96. The number of hydrazone groups is 1. The monoisotopic (exact) mass is 474 g/mol. The van der Waals surface area contributed by atoms with Gasteiger partial charge < -0.3 is 5.11 Å². The van der Waals surface area contributed by atoms with Crippen molar-refractivity contribution in [1.29, 1.82) is 0 Å². The van der Waals surface area contributed by atoms with Crippen LogP contribution >= 0.6 is 0 Å². The minimum absolute atomic E-state index is 0.0720. The highest BCUT2D eigenvalue weighted by Crippen LogP contribution is 2.37. The minimum atomic E-state index is -3.44. The van der Waals surface area contributed by atoms with Crippen molar-refractivity contribution in [1.82, 2.24) is 5.01 Å². The summed E-state index contributed by atoms with van der Waals surface area (Å²) in [6.07, 6.45) is 1.10. The van der Waals surface area contributed by atoms with E-state index in [1.165, 1.54) is 17.1 Å². The molecule has 1 aliphatic heterocycles. The van der Waals surface area contributed by atoms with Crippen molar-refractivity contribution in [2.75, 3.05) is 11.0 Å². The van der Waals surface area contributed by atoms with Crippen LogP contribution in [0.5, 0.6) is 0 Å². The van der Waals surface area contributed by atoms with E-state index < -0.39 is 32.9 Å². The zero-order valence-corrected chi connectivity index (χ0v) is 18.5. The molecule has 1 heterocycles. The van der Waals surface area contributed by atoms with Crippen LogP contribution < -0.4 is 4.72 Å². The van der Waals surface area contributed by atoms with Gasteiger partial charge in [0.2, 0.25) is 15.9 Å². The number of nitrogens with one attached hydrogen (secondary N) is 1. The van der Waals surface area contributed by atoms with Gasteiger partial charge in [0, 0.05) is 31.0 Å². The summed E-state index contributed by atoms with van der Waals surface area (Å²) in [5, 5.41) is 26.0. The van der Waals surface area contributed by atoms with Crippen molar-refractivity contribution < 1.29 is 28.0 Å². The molecule has 0 aliphatic carbocycles. The fraction of sp³-hybridized carbons (Fsp3) is 0.286. The lowest BCUT2D eigenvalue weighted by Crippen LogP contribution is -2.27. The predicted molar refractivity (Wildman–Crippen MR) is 120 cm³/mol. The number of hydrogen-bond acceptors (Lipinski definition) is 7. The number of rotatable bonds is 9. The Morgan fingerprint density at radius 2 is 1.85 bits per heavy atom. The molecule has 1 unspecified atom stereocenters. The summed E-state index contributed by atoms with van der Waals surface area (Å²) < 4.78 is 25.2. The quantitative estimate of drug-likeness (QED) is 0.417. The molecule has 12 heteroatoms. The van der Waals surface area contributed by atoms with Crippen LogP contribution in [0.4, 0.5) is 11.4 Å². The Balaban J connectivity index is 1.92. The van der Waals surface area contributed by atoms with Gasteiger partial charge in [0.05, 0.1) is 28.5 Å². The number of amides is 1. The van der Waals surface area contributed by atoms with Crippen LogP contribution in [0.25, 0.3) is 0 Å². The van der Waals surface area contributed by atoms with E-state index in [0.29, 0.717) is 22.5 Å². The van der Waals surface area contributed by atoms with E-state index in [1.807, 2.05) is 0 Å². The molecule has 1 aliphatic rings. The first-order chi connectivity index (χ1) is 15.5. The number of carbonyl (C=O) groups is 2. The Labute approximate surface area is 189 Å². The molecule has 1 amide bonds. The van der Waals surface area contributed by atoms with Gasteiger partial charge in [-0.1, -0.05) is 24.3 Å². The molecule has 2 N–H and O–H groups in total. The molecule has 2 aromatic carbocycles. The summed E-state index contributed by atoms with van der Waals surface area (Å²) in [5.41, 5.74) is 1.66. The second-order valence-electron chi connectivity index (χ2n) is 7.52. The number of carboxylic acids is 1. The number of carboxylic acid groups (broad SMARTS) is 1. The molecule has 2 aromatic rings. The molecule has 0 bridgehead atoms. The van der Waals surface area contributed by atoms with Crippen LogP contribution in [0, 0.1) is 10.1 Å². The van der Waals surface area contributed by atoms with Crippen molar-refractivity contribution in [3.8, 4) is 0 Å². The van der Waals surface area contributed by atoms with E-state index >= 15 is 0 Å². The van der Waals surface area contributed by atoms with Crippen LogP contribution in [0.1, 0.15) is 42.9 Å². The first kappa shape index (κ1) is 23.9. The van der Waals surface area contributed by atoms with Crippen molar-refractivity contribution >= 4 is 39.0 Å². The maximum absolute atomic E-state index is 12.9. The lowest BCUT2D eigenvalue weighted by atomic mass is 9.97. The summed E-state index contributed by atoms with van der Waals surface area (Å²) in [5.74, 6) is -1.46. The first-order valence-corrected chi connectivity index (χ1v) is 11.9. The summed E-state index contributed by atoms with van der Waals surface area (Å²) in [4.78, 5) is 34.7. The largest absolute Gasteiger partial charge is 0.481 e. The van der Waals surface area contributed by atoms with E-state index in [0.717, 1.165) is 6.26 Å². The minimum Gasteiger partial charge on any atom is -0.481 e. The lowest BCUT2D eigenvalue weighted by Gasteiger charge is -2.21. The molecule has 0 aromatic heterocycles. The molecule has 174 valence electrons. The zero-order valence-electron chi connectivity index (χ0n) is 17.7. The topological polar surface area (TPSA) is 159 Å². The Morgan fingerprint density at radius 3 is 2.45 bits per heavy atom. The average molecular weight is 474 g/mol. The van der Waals surface area contributed by atoms with Crippen LogP contribution in [0.15, 0.2) is 53.6 Å². The molecule has 0 saturated carbocycles. The standard InChI is InChI=1S/C21H22N4O7S/c1-33(31,32)23-15-11-9-14(10-12-15)17-13-19(16-5-2-3-6-18(16)25(29)30)24(22-17)20(26)7-4-8-21(27)28/h2-3,5-6,9-12,19,23H,4,7-8,13H2,1H3,(H,27,28). The van der Waals surface area contributed by atoms with Gasteiger partial charge in [-0.25, -0.2) is 13.4 Å². The highest BCUT2D eigenvalue weighted by Gasteiger charge is 2.36. The molecule has 0 fully saturated rings. The van der Waals surface area contributed by atoms with Gasteiger partial charge in [-0.05, 0) is 30.2 Å². The molecule has 0 saturated heterocycles. The first-order valence-electron chi connectivity index (χ1n) is 9.98. The Hall–Kier alpha value is -3.80. The van der Waals surface area contributed by atoms with Crippen LogP contribution in [0.2, 0.25) is 0 Å². The number of sulfonamides is 1. The second-order valence-corrected chi connectivity index (χ2v) is 9.27. The molecule has 1 atom stereocenters. The third-order valence-corrected chi connectivity index (χ3v) is 5.57. The van der Waals surface area contributed by atoms with E-state index in [2.05, 4.69) is 9.82 Å². The molecular weight excluding hydrogens is 452 g/mol. The number of nitro benzene ring substituents is 1. The van der Waals surface area contributed by atoms with Gasteiger partial charge in [0.25, 0.3) is 5.69 Å². The smallest absolute Gasteiger partial charge is 0.303 e. The van der Waals surface area contributed by atoms with E-state index in [-0.39, 0.29) is 31.4 Å². The zero-order chi connectivity index (χ0) is 24.2. The second kappa shape index (κ2) is 9.77. The number of carbonyl (C=O) groups excluding carboxylic acids is 1. The fourth-order valence-corrected chi connectivity index (χ4v) is 4.11. The summed E-state index contributed by atoms with van der Waals surface area (Å²) in [6, 6.07) is 11.7. The number of nitrogens with zero attached hydrogens (tertiary/aromatic N) is 3. The van der Waals surface area contributed by atoms with Gasteiger partial charge in [-0.3, -0.25) is 24.4 Å². The maximum atomic E-state index is 12.9. The average Bonchev–Trinajstić information content (AvgIpc) is 3.18. The van der Waals surface area contributed by atoms with Crippen LogP contribution in [-0.2, 0) is 19.6 Å². The molecule has 33 heavy (non-hydrogen) atoms. The van der Waals surface area contributed by atoms with Crippen molar-refractivity contribution in [2.24, 2.45) is 5.10 Å². The van der Waals surface area contributed by atoms with Crippen molar-refractivity contribution in [3.05, 3.63) is 69.8 Å². The van der Waals surface area contributed by atoms with Gasteiger partial charge in [0.15, 0.2) is 0 Å². The molecule has 3 rings (SSSR count). The van der Waals surface area contributed by atoms with Gasteiger partial charge in [-0.15, -0.1) is 0 Å². The highest BCUT2D eigenvalue weighted by atomic mass is 32.2. The third kappa shape index (κ3) is 6.13. The number of benzene rings is 2. The van der Waals surface area contributed by atoms with Gasteiger partial charge in [-0.2, -0.15) is 5.10 Å². The highest BCUT2D eigenvalue weighted by molar-refractivity contribution is 7.92. The fourth-order valence-electron chi connectivity index (χ4n) is 3.54. The molecule has 0 spiro atoms. The Bertz CT molecular complexity index is 1210. The number of para-hydroxylation sites is 1. The summed E-state index contributed by atoms with van der Waals surface area (Å²) in [7, 11) is -3.44. The number of nitro groups is 1. The molecule has 0 radical (unpaired) electrons. The normalized spacial score (nSPS) is 15.7. The number of hydrogen-bond donors (Lipinski definition) is 2. The summed E-state index contributed by atoms with van der Waals surface area (Å²) in [6.45, 7) is 0. The van der Waals surface area contributed by atoms with E-state index in [4.69, 9.17) is 5.11 Å². The van der Waals surface area contributed by atoms with Gasteiger partial charge in [0.1, 0.15) is 0 Å². The number of aliphatic carboxylic acids is 1. The predicted octanol–water partition coefficient (Wildman–Crippen LogP) is 2.90. The van der Waals surface area contributed by atoms with E-state index in [1.54, 1.807) is 36.4 Å². The van der Waals surface area contributed by atoms with E-state index in [9.17, 15) is 28.1 Å². The van der Waals surface area contributed by atoms with Crippen LogP contribution in [0.3, 0.4) is 0 Å². The van der Waals surface area contributed by atoms with Crippen LogP contribution in [-0.4, -0.2) is 47.3 Å². The Morgan fingerprint density at radius 1 is 1.18 bits per heavy atom. The summed E-state index contributed by atoms with van der Waals surface area (Å²) >= 11 is 0. The lowest BCUT2D eigenvalue weighted by molar-refractivity contribution is -0.385. The van der Waals surface area contributed by atoms with Crippen molar-refractivity contribution in [3.63, 3.8) is 0 Å². The maximum Gasteiger partial charge on any atom is 0.303 e. The van der Waals surface area contributed by atoms with Crippen molar-refractivity contribution in [2.45, 2.75) is 31.7 Å². The molecular formula is C21H22N4O7S. The molecule has 11 nitrogen and oxygen atoms in total. The Kier molecular flexibility index (Phi) is 7.07. The number of anilines is 1. The van der Waals surface area contributed by atoms with Gasteiger partial charge >= 0.3 is 5.97 Å².